The standard InChI is InChI=1S/C24H17BrN2/c25-21-13-11-19(12-14-21)24-26-22-7-3-4-8-23(22)27(24)16-17-9-10-18-5-1-2-6-20(18)15-17/h1-15H,16H2. The molecule has 0 aliphatic rings. The summed E-state index contributed by atoms with van der Waals surface area (Å²) in [6.07, 6.45) is 0. The van der Waals surface area contributed by atoms with Gasteiger partial charge in [0, 0.05) is 16.6 Å². The van der Waals surface area contributed by atoms with Crippen LogP contribution in [0.25, 0.3) is 33.2 Å². The van der Waals surface area contributed by atoms with Gasteiger partial charge in [0.1, 0.15) is 5.82 Å². The second-order valence-electron chi connectivity index (χ2n) is 6.70. The van der Waals surface area contributed by atoms with Crippen molar-refractivity contribution >= 4 is 37.7 Å². The van der Waals surface area contributed by atoms with Gasteiger partial charge in [0.25, 0.3) is 0 Å². The molecule has 0 unspecified atom stereocenters. The summed E-state index contributed by atoms with van der Waals surface area (Å²) in [4.78, 5) is 4.92. The summed E-state index contributed by atoms with van der Waals surface area (Å²) in [5, 5.41) is 2.54. The van der Waals surface area contributed by atoms with Gasteiger partial charge in [0.2, 0.25) is 0 Å². The lowest BCUT2D eigenvalue weighted by Gasteiger charge is -2.11. The molecule has 0 aliphatic heterocycles. The van der Waals surface area contributed by atoms with Gasteiger partial charge in [-0.2, -0.15) is 0 Å². The molecule has 0 fully saturated rings. The van der Waals surface area contributed by atoms with Crippen molar-refractivity contribution in [3.63, 3.8) is 0 Å². The fraction of sp³-hybridized carbons (Fsp3) is 0.0417. The van der Waals surface area contributed by atoms with Gasteiger partial charge in [-0.25, -0.2) is 4.98 Å². The van der Waals surface area contributed by atoms with Gasteiger partial charge < -0.3 is 4.57 Å². The molecule has 1 aromatic heterocycles. The van der Waals surface area contributed by atoms with Crippen LogP contribution in [0.4, 0.5) is 0 Å². The molecule has 0 amide bonds. The Morgan fingerprint density at radius 2 is 1.48 bits per heavy atom. The summed E-state index contributed by atoms with van der Waals surface area (Å²) in [5.74, 6) is 0.997. The van der Waals surface area contributed by atoms with Gasteiger partial charge >= 0.3 is 0 Å². The minimum Gasteiger partial charge on any atom is -0.319 e. The van der Waals surface area contributed by atoms with Gasteiger partial charge in [-0.15, -0.1) is 0 Å². The highest BCUT2D eigenvalue weighted by Gasteiger charge is 2.13. The van der Waals surface area contributed by atoms with Crippen molar-refractivity contribution in [3.8, 4) is 11.4 Å². The van der Waals surface area contributed by atoms with Crippen molar-refractivity contribution in [2.75, 3.05) is 0 Å². The van der Waals surface area contributed by atoms with E-state index in [-0.39, 0.29) is 0 Å². The summed E-state index contributed by atoms with van der Waals surface area (Å²) in [6.45, 7) is 0.788. The first-order chi connectivity index (χ1) is 13.3. The van der Waals surface area contributed by atoms with Crippen molar-refractivity contribution in [1.29, 1.82) is 0 Å². The lowest BCUT2D eigenvalue weighted by atomic mass is 10.1. The SMILES string of the molecule is Brc1ccc(-c2nc3ccccc3n2Cc2ccc3ccccc3c2)cc1. The largest absolute Gasteiger partial charge is 0.319 e. The molecule has 0 saturated carbocycles. The molecule has 4 aromatic carbocycles. The Kier molecular flexibility index (Phi) is 4.02. The van der Waals surface area contributed by atoms with Gasteiger partial charge in [-0.1, -0.05) is 76.6 Å². The number of benzene rings is 4. The lowest BCUT2D eigenvalue weighted by molar-refractivity contribution is 0.835. The molecule has 0 N–H and O–H groups in total. The van der Waals surface area contributed by atoms with Crippen LogP contribution in [0.15, 0.2) is 95.5 Å². The molecule has 0 atom stereocenters. The number of hydrogen-bond acceptors (Lipinski definition) is 1. The van der Waals surface area contributed by atoms with Crippen LogP contribution < -0.4 is 0 Å². The van der Waals surface area contributed by atoms with Crippen molar-refractivity contribution in [1.82, 2.24) is 9.55 Å². The first kappa shape index (κ1) is 16.3. The number of aromatic nitrogens is 2. The Hall–Kier alpha value is -2.91. The van der Waals surface area contributed by atoms with Crippen LogP contribution in [0, 0.1) is 0 Å². The van der Waals surface area contributed by atoms with E-state index in [0.717, 1.165) is 33.4 Å². The predicted octanol–water partition coefficient (Wildman–Crippen LogP) is 6.67. The fourth-order valence-electron chi connectivity index (χ4n) is 3.57. The van der Waals surface area contributed by atoms with E-state index >= 15 is 0 Å². The van der Waals surface area contributed by atoms with Gasteiger partial charge in [-0.05, 0) is 46.7 Å². The highest BCUT2D eigenvalue weighted by atomic mass is 79.9. The Labute approximate surface area is 166 Å². The molecule has 130 valence electrons. The quantitative estimate of drug-likeness (QED) is 0.323. The highest BCUT2D eigenvalue weighted by Crippen LogP contribution is 2.27. The van der Waals surface area contributed by atoms with Crippen molar-refractivity contribution in [2.24, 2.45) is 0 Å². The van der Waals surface area contributed by atoms with Crippen LogP contribution in [-0.4, -0.2) is 9.55 Å². The van der Waals surface area contributed by atoms with Crippen LogP contribution >= 0.6 is 15.9 Å². The van der Waals surface area contributed by atoms with E-state index in [1.807, 2.05) is 6.07 Å². The van der Waals surface area contributed by atoms with Crippen molar-refractivity contribution in [3.05, 3.63) is 101 Å². The molecule has 0 radical (unpaired) electrons. The summed E-state index contributed by atoms with van der Waals surface area (Å²) >= 11 is 3.52. The van der Waals surface area contributed by atoms with Gasteiger partial charge in [0.15, 0.2) is 0 Å². The highest BCUT2D eigenvalue weighted by molar-refractivity contribution is 9.10. The number of nitrogens with zero attached hydrogens (tertiary/aromatic N) is 2. The third-order valence-electron chi connectivity index (χ3n) is 4.91. The Bertz CT molecular complexity index is 1250. The van der Waals surface area contributed by atoms with E-state index in [2.05, 4.69) is 105 Å². The summed E-state index contributed by atoms with van der Waals surface area (Å²) in [5.41, 5.74) is 4.57. The third kappa shape index (κ3) is 3.04. The monoisotopic (exact) mass is 412 g/mol. The molecule has 5 rings (SSSR count). The van der Waals surface area contributed by atoms with Crippen LogP contribution in [0.3, 0.4) is 0 Å². The second kappa shape index (κ2) is 6.67. The third-order valence-corrected chi connectivity index (χ3v) is 5.44. The number of hydrogen-bond donors (Lipinski definition) is 0. The van der Waals surface area contributed by atoms with E-state index in [4.69, 9.17) is 4.98 Å². The number of imidazole rings is 1. The molecule has 0 spiro atoms. The fourth-order valence-corrected chi connectivity index (χ4v) is 3.84. The number of fused-ring (bicyclic) bond motifs is 2. The maximum Gasteiger partial charge on any atom is 0.141 e. The molecule has 0 saturated heterocycles. The first-order valence-corrected chi connectivity index (χ1v) is 9.76. The maximum atomic E-state index is 4.92. The van der Waals surface area contributed by atoms with E-state index in [9.17, 15) is 0 Å². The zero-order chi connectivity index (χ0) is 18.2. The Morgan fingerprint density at radius 1 is 0.741 bits per heavy atom. The van der Waals surface area contributed by atoms with Crippen LogP contribution in [0.2, 0.25) is 0 Å². The van der Waals surface area contributed by atoms with Crippen molar-refractivity contribution in [2.45, 2.75) is 6.54 Å². The molecule has 0 aliphatic carbocycles. The average Bonchev–Trinajstić information content (AvgIpc) is 3.07. The average molecular weight is 413 g/mol. The normalized spacial score (nSPS) is 11.3. The number of rotatable bonds is 3. The lowest BCUT2D eigenvalue weighted by Crippen LogP contribution is -2.02. The van der Waals surface area contributed by atoms with Crippen LogP contribution in [0.1, 0.15) is 5.56 Å². The molecule has 27 heavy (non-hydrogen) atoms. The Balaban J connectivity index is 1.66. The topological polar surface area (TPSA) is 17.8 Å². The summed E-state index contributed by atoms with van der Waals surface area (Å²) in [7, 11) is 0. The predicted molar refractivity (Wildman–Crippen MR) is 116 cm³/mol. The van der Waals surface area contributed by atoms with E-state index in [1.54, 1.807) is 0 Å². The minimum atomic E-state index is 0.788. The summed E-state index contributed by atoms with van der Waals surface area (Å²) in [6, 6.07) is 31.9. The van der Waals surface area contributed by atoms with E-state index < -0.39 is 0 Å². The second-order valence-corrected chi connectivity index (χ2v) is 7.61. The van der Waals surface area contributed by atoms with E-state index in [0.29, 0.717) is 0 Å². The first-order valence-electron chi connectivity index (χ1n) is 8.97. The number of para-hydroxylation sites is 2. The zero-order valence-corrected chi connectivity index (χ0v) is 16.2. The number of halogens is 1. The van der Waals surface area contributed by atoms with E-state index in [1.165, 1.54) is 16.3 Å². The molecular weight excluding hydrogens is 396 g/mol. The van der Waals surface area contributed by atoms with Crippen molar-refractivity contribution < 1.29 is 0 Å². The van der Waals surface area contributed by atoms with Crippen LogP contribution in [0.5, 0.6) is 0 Å². The molecular formula is C24H17BrN2. The van der Waals surface area contributed by atoms with Crippen LogP contribution in [-0.2, 0) is 6.54 Å². The van der Waals surface area contributed by atoms with Gasteiger partial charge in [0.05, 0.1) is 11.0 Å². The zero-order valence-electron chi connectivity index (χ0n) is 14.6. The molecule has 1 heterocycles. The smallest absolute Gasteiger partial charge is 0.141 e. The Morgan fingerprint density at radius 3 is 2.33 bits per heavy atom. The molecule has 3 heteroatoms. The van der Waals surface area contributed by atoms with Gasteiger partial charge in [-0.3, -0.25) is 0 Å². The maximum absolute atomic E-state index is 4.92. The minimum absolute atomic E-state index is 0.788. The summed E-state index contributed by atoms with van der Waals surface area (Å²) < 4.78 is 3.38. The molecule has 5 aromatic rings. The molecule has 0 bridgehead atoms. The molecule has 2 nitrogen and oxygen atoms in total.